The topological polar surface area (TPSA) is 69.6 Å². The lowest BCUT2D eigenvalue weighted by Gasteiger charge is -2.22. The molecule has 0 aliphatic rings. The summed E-state index contributed by atoms with van der Waals surface area (Å²) in [5, 5.41) is 11.1. The zero-order valence-corrected chi connectivity index (χ0v) is 11.2. The van der Waals surface area contributed by atoms with E-state index in [0.29, 0.717) is 6.54 Å². The summed E-state index contributed by atoms with van der Waals surface area (Å²) < 4.78 is 27.4. The second-order valence-corrected chi connectivity index (χ2v) is 4.25. The average molecular weight is 286 g/mol. The number of carboxylic acid groups (broad SMARTS) is 1. The molecule has 1 aromatic rings. The summed E-state index contributed by atoms with van der Waals surface area (Å²) in [7, 11) is 1.49. The van der Waals surface area contributed by atoms with Crippen molar-refractivity contribution in [1.29, 1.82) is 0 Å². The molecule has 2 amide bonds. The molecule has 0 heterocycles. The Balaban J connectivity index is 3.06. The van der Waals surface area contributed by atoms with Crippen molar-refractivity contribution in [1.82, 2.24) is 10.2 Å². The molecule has 0 radical (unpaired) electrons. The zero-order chi connectivity index (χ0) is 15.3. The fraction of sp³-hybridized carbons (Fsp3) is 0.385. The van der Waals surface area contributed by atoms with Gasteiger partial charge in [0.05, 0.1) is 12.5 Å². The maximum absolute atomic E-state index is 13.7. The summed E-state index contributed by atoms with van der Waals surface area (Å²) in [6.07, 6.45) is -0.610. The highest BCUT2D eigenvalue weighted by Gasteiger charge is 2.25. The second kappa shape index (κ2) is 6.83. The van der Waals surface area contributed by atoms with E-state index >= 15 is 0 Å². The first-order valence-electron chi connectivity index (χ1n) is 6.04. The van der Waals surface area contributed by atoms with Crippen LogP contribution in [0.25, 0.3) is 0 Å². The van der Waals surface area contributed by atoms with Gasteiger partial charge in [-0.05, 0) is 19.1 Å². The van der Waals surface area contributed by atoms with E-state index in [4.69, 9.17) is 5.11 Å². The lowest BCUT2D eigenvalue weighted by atomic mass is 10.0. The molecule has 0 aliphatic carbocycles. The molecule has 0 aromatic heterocycles. The van der Waals surface area contributed by atoms with E-state index in [1.807, 2.05) is 0 Å². The van der Waals surface area contributed by atoms with Gasteiger partial charge in [0.2, 0.25) is 0 Å². The minimum absolute atomic E-state index is 0.380. The fourth-order valence-corrected chi connectivity index (χ4v) is 1.65. The van der Waals surface area contributed by atoms with Gasteiger partial charge >= 0.3 is 12.0 Å². The Morgan fingerprint density at radius 3 is 2.35 bits per heavy atom. The molecule has 2 N–H and O–H groups in total. The third-order valence-electron chi connectivity index (χ3n) is 2.85. The highest BCUT2D eigenvalue weighted by molar-refractivity contribution is 5.76. The highest BCUT2D eigenvalue weighted by Crippen LogP contribution is 2.23. The zero-order valence-electron chi connectivity index (χ0n) is 11.2. The van der Waals surface area contributed by atoms with Crippen LogP contribution in [0.2, 0.25) is 0 Å². The molecule has 0 spiro atoms. The van der Waals surface area contributed by atoms with Crippen molar-refractivity contribution in [2.75, 3.05) is 13.6 Å². The third kappa shape index (κ3) is 3.91. The van der Waals surface area contributed by atoms with Crippen LogP contribution < -0.4 is 5.32 Å². The van der Waals surface area contributed by atoms with Crippen molar-refractivity contribution < 1.29 is 23.5 Å². The van der Waals surface area contributed by atoms with Crippen LogP contribution in [0.4, 0.5) is 13.6 Å². The average Bonchev–Trinajstić information content (AvgIpc) is 2.36. The Morgan fingerprint density at radius 1 is 1.35 bits per heavy atom. The van der Waals surface area contributed by atoms with E-state index in [1.165, 1.54) is 18.0 Å². The van der Waals surface area contributed by atoms with Crippen LogP contribution >= 0.6 is 0 Å². The van der Waals surface area contributed by atoms with Gasteiger partial charge in [-0.25, -0.2) is 13.6 Å². The minimum Gasteiger partial charge on any atom is -0.481 e. The quantitative estimate of drug-likeness (QED) is 0.871. The summed E-state index contributed by atoms with van der Waals surface area (Å²) in [6.45, 7) is 2.10. The number of benzene rings is 1. The number of nitrogens with one attached hydrogen (secondary N) is 1. The predicted octanol–water partition coefficient (Wildman–Crippen LogP) is 2.14. The number of carbonyl (C=O) groups is 2. The molecule has 0 aliphatic heterocycles. The van der Waals surface area contributed by atoms with Gasteiger partial charge in [-0.2, -0.15) is 0 Å². The first-order chi connectivity index (χ1) is 9.36. The maximum Gasteiger partial charge on any atom is 0.317 e. The molecular weight excluding hydrogens is 270 g/mol. The van der Waals surface area contributed by atoms with Crippen molar-refractivity contribution in [2.45, 2.75) is 19.4 Å². The van der Waals surface area contributed by atoms with E-state index < -0.39 is 41.7 Å². The lowest BCUT2D eigenvalue weighted by Crippen LogP contribution is -2.40. The van der Waals surface area contributed by atoms with Gasteiger partial charge in [0, 0.05) is 19.2 Å². The standard InChI is InChI=1S/C13H16F2N2O3/c1-3-17(2)13(20)16-10(7-11(18)19)12-8(14)5-4-6-9(12)15/h4-6,10H,3,7H2,1-2H3,(H,16,20)(H,18,19). The van der Waals surface area contributed by atoms with Crippen molar-refractivity contribution in [3.05, 3.63) is 35.4 Å². The molecule has 1 aromatic carbocycles. The van der Waals surface area contributed by atoms with Crippen LogP contribution in [0, 0.1) is 11.6 Å². The van der Waals surface area contributed by atoms with Crippen LogP contribution in [0.1, 0.15) is 24.9 Å². The molecule has 1 atom stereocenters. The molecule has 5 nitrogen and oxygen atoms in total. The first-order valence-corrected chi connectivity index (χ1v) is 6.04. The van der Waals surface area contributed by atoms with E-state index in [1.54, 1.807) is 6.92 Å². The Labute approximate surface area is 115 Å². The summed E-state index contributed by atoms with van der Waals surface area (Å²) in [4.78, 5) is 23.8. The molecule has 0 fully saturated rings. The normalized spacial score (nSPS) is 11.8. The predicted molar refractivity (Wildman–Crippen MR) is 68.2 cm³/mol. The van der Waals surface area contributed by atoms with Crippen LogP contribution in [0.3, 0.4) is 0 Å². The molecule has 20 heavy (non-hydrogen) atoms. The van der Waals surface area contributed by atoms with Crippen LogP contribution in [0.5, 0.6) is 0 Å². The first kappa shape index (κ1) is 15.9. The number of hydrogen-bond acceptors (Lipinski definition) is 2. The summed E-state index contributed by atoms with van der Waals surface area (Å²) in [5.74, 6) is -3.05. The van der Waals surface area contributed by atoms with E-state index in [9.17, 15) is 18.4 Å². The van der Waals surface area contributed by atoms with Gasteiger partial charge in [0.15, 0.2) is 0 Å². The molecule has 0 saturated carbocycles. The number of aliphatic carboxylic acids is 1. The second-order valence-electron chi connectivity index (χ2n) is 4.25. The van der Waals surface area contributed by atoms with Gasteiger partial charge in [-0.3, -0.25) is 4.79 Å². The Kier molecular flexibility index (Phi) is 5.42. The van der Waals surface area contributed by atoms with Crippen molar-refractivity contribution in [3.8, 4) is 0 Å². The van der Waals surface area contributed by atoms with Crippen molar-refractivity contribution in [2.24, 2.45) is 0 Å². The number of carboxylic acids is 1. The molecule has 0 saturated heterocycles. The Bertz CT molecular complexity index is 488. The minimum atomic E-state index is -1.27. The molecule has 1 unspecified atom stereocenters. The molecule has 1 rings (SSSR count). The smallest absolute Gasteiger partial charge is 0.317 e. The maximum atomic E-state index is 13.7. The monoisotopic (exact) mass is 286 g/mol. The number of carbonyl (C=O) groups excluding carboxylic acids is 1. The molecule has 7 heteroatoms. The van der Waals surface area contributed by atoms with Gasteiger partial charge in [-0.1, -0.05) is 6.07 Å². The summed E-state index contributed by atoms with van der Waals surface area (Å²) in [5.41, 5.74) is -0.451. The number of hydrogen-bond donors (Lipinski definition) is 2. The fourth-order valence-electron chi connectivity index (χ4n) is 1.65. The number of urea groups is 1. The number of amides is 2. The van der Waals surface area contributed by atoms with Gasteiger partial charge in [0.1, 0.15) is 11.6 Å². The van der Waals surface area contributed by atoms with Crippen LogP contribution in [-0.2, 0) is 4.79 Å². The summed E-state index contributed by atoms with van der Waals surface area (Å²) >= 11 is 0. The number of rotatable bonds is 5. The molecule has 0 bridgehead atoms. The number of nitrogens with zero attached hydrogens (tertiary/aromatic N) is 1. The van der Waals surface area contributed by atoms with E-state index in [2.05, 4.69) is 5.32 Å². The summed E-state index contributed by atoms with van der Waals surface area (Å²) in [6, 6.07) is 1.34. The van der Waals surface area contributed by atoms with Crippen molar-refractivity contribution >= 4 is 12.0 Å². The highest BCUT2D eigenvalue weighted by atomic mass is 19.1. The SMILES string of the molecule is CCN(C)C(=O)NC(CC(=O)O)c1c(F)cccc1F. The van der Waals surface area contributed by atoms with Gasteiger partial charge < -0.3 is 15.3 Å². The third-order valence-corrected chi connectivity index (χ3v) is 2.85. The molecule has 110 valence electrons. The van der Waals surface area contributed by atoms with Crippen LogP contribution in [0.15, 0.2) is 18.2 Å². The van der Waals surface area contributed by atoms with E-state index in [0.717, 1.165) is 12.1 Å². The number of halogens is 2. The Hall–Kier alpha value is -2.18. The Morgan fingerprint density at radius 2 is 1.90 bits per heavy atom. The van der Waals surface area contributed by atoms with Crippen molar-refractivity contribution in [3.63, 3.8) is 0 Å². The van der Waals surface area contributed by atoms with Crippen LogP contribution in [-0.4, -0.2) is 35.6 Å². The lowest BCUT2D eigenvalue weighted by molar-refractivity contribution is -0.137. The molecular formula is C13H16F2N2O3. The van der Waals surface area contributed by atoms with Gasteiger partial charge in [-0.15, -0.1) is 0 Å². The van der Waals surface area contributed by atoms with E-state index in [-0.39, 0.29) is 0 Å². The van der Waals surface area contributed by atoms with Gasteiger partial charge in [0.25, 0.3) is 0 Å². The largest absolute Gasteiger partial charge is 0.481 e.